The standard InChI is InChI=1S/C15H10BrFN2O/c16-12-8-10(17)6-7-11(12)14-13(15(18)20-19-14)9-4-2-1-3-5-9/h1-8H,18H2. The van der Waals surface area contributed by atoms with Crippen LogP contribution in [0.1, 0.15) is 0 Å². The molecule has 100 valence electrons. The summed E-state index contributed by atoms with van der Waals surface area (Å²) in [4.78, 5) is 0. The second-order valence-electron chi connectivity index (χ2n) is 4.26. The molecule has 0 bridgehead atoms. The largest absolute Gasteiger partial charge is 0.367 e. The minimum absolute atomic E-state index is 0.238. The maximum atomic E-state index is 13.2. The number of nitrogen functional groups attached to an aromatic ring is 1. The third-order valence-electron chi connectivity index (χ3n) is 2.97. The van der Waals surface area contributed by atoms with Crippen molar-refractivity contribution in [3.05, 3.63) is 58.8 Å². The fraction of sp³-hybridized carbons (Fsp3) is 0. The molecule has 3 rings (SSSR count). The molecule has 0 aliphatic heterocycles. The Bertz CT molecular complexity index is 756. The van der Waals surface area contributed by atoms with Crippen LogP contribution in [0.4, 0.5) is 10.3 Å². The number of benzene rings is 2. The molecule has 0 aliphatic carbocycles. The smallest absolute Gasteiger partial charge is 0.230 e. The third-order valence-corrected chi connectivity index (χ3v) is 3.62. The molecule has 0 spiro atoms. The minimum atomic E-state index is -0.321. The van der Waals surface area contributed by atoms with Gasteiger partial charge in [0, 0.05) is 10.0 Å². The monoisotopic (exact) mass is 332 g/mol. The van der Waals surface area contributed by atoms with Gasteiger partial charge in [0.25, 0.3) is 0 Å². The van der Waals surface area contributed by atoms with E-state index < -0.39 is 0 Å². The average molecular weight is 333 g/mol. The lowest BCUT2D eigenvalue weighted by Crippen LogP contribution is -1.88. The van der Waals surface area contributed by atoms with E-state index in [0.717, 1.165) is 11.1 Å². The molecule has 0 saturated heterocycles. The van der Waals surface area contributed by atoms with E-state index in [-0.39, 0.29) is 11.7 Å². The third kappa shape index (κ3) is 2.20. The lowest BCUT2D eigenvalue weighted by molar-refractivity contribution is 0.439. The van der Waals surface area contributed by atoms with Crippen molar-refractivity contribution in [2.45, 2.75) is 0 Å². The van der Waals surface area contributed by atoms with E-state index in [1.807, 2.05) is 30.3 Å². The summed E-state index contributed by atoms with van der Waals surface area (Å²) in [6.45, 7) is 0. The summed E-state index contributed by atoms with van der Waals surface area (Å²) in [6.07, 6.45) is 0. The predicted molar refractivity (Wildman–Crippen MR) is 79.4 cm³/mol. The van der Waals surface area contributed by atoms with Gasteiger partial charge in [0.05, 0.1) is 5.56 Å². The molecule has 2 aromatic carbocycles. The highest BCUT2D eigenvalue weighted by Gasteiger charge is 2.19. The number of nitrogens with two attached hydrogens (primary N) is 1. The lowest BCUT2D eigenvalue weighted by Gasteiger charge is -2.05. The summed E-state index contributed by atoms with van der Waals surface area (Å²) >= 11 is 3.34. The Morgan fingerprint density at radius 3 is 2.55 bits per heavy atom. The first-order chi connectivity index (χ1) is 9.66. The summed E-state index contributed by atoms with van der Waals surface area (Å²) in [5.41, 5.74) is 8.79. The van der Waals surface area contributed by atoms with Crippen LogP contribution >= 0.6 is 15.9 Å². The molecule has 1 heterocycles. The van der Waals surface area contributed by atoms with E-state index in [1.165, 1.54) is 12.1 Å². The van der Waals surface area contributed by atoms with Gasteiger partial charge >= 0.3 is 0 Å². The number of nitrogens with zero attached hydrogens (tertiary/aromatic N) is 1. The maximum Gasteiger partial charge on any atom is 0.230 e. The Hall–Kier alpha value is -2.14. The summed E-state index contributed by atoms with van der Waals surface area (Å²) in [5, 5.41) is 4.00. The molecule has 5 heteroatoms. The molecule has 0 unspecified atom stereocenters. The van der Waals surface area contributed by atoms with Crippen molar-refractivity contribution in [2.75, 3.05) is 5.73 Å². The highest BCUT2D eigenvalue weighted by atomic mass is 79.9. The summed E-state index contributed by atoms with van der Waals surface area (Å²) in [6, 6.07) is 14.0. The van der Waals surface area contributed by atoms with Gasteiger partial charge in [-0.15, -0.1) is 0 Å². The van der Waals surface area contributed by atoms with Gasteiger partial charge in [-0.2, -0.15) is 0 Å². The van der Waals surface area contributed by atoms with Crippen molar-refractivity contribution in [1.82, 2.24) is 5.16 Å². The fourth-order valence-electron chi connectivity index (χ4n) is 2.05. The second kappa shape index (κ2) is 5.09. The van der Waals surface area contributed by atoms with Gasteiger partial charge in [0.15, 0.2) is 0 Å². The number of hydrogen-bond acceptors (Lipinski definition) is 3. The zero-order valence-electron chi connectivity index (χ0n) is 10.3. The molecule has 0 fully saturated rings. The number of hydrogen-bond donors (Lipinski definition) is 1. The molecular formula is C15H10BrFN2O. The first-order valence-corrected chi connectivity index (χ1v) is 6.72. The van der Waals surface area contributed by atoms with Gasteiger partial charge in [0.1, 0.15) is 11.5 Å². The van der Waals surface area contributed by atoms with Crippen LogP contribution in [-0.4, -0.2) is 5.16 Å². The van der Waals surface area contributed by atoms with E-state index in [0.29, 0.717) is 15.7 Å². The molecule has 1 aromatic heterocycles. The van der Waals surface area contributed by atoms with Gasteiger partial charge in [-0.25, -0.2) is 4.39 Å². The van der Waals surface area contributed by atoms with Crippen LogP contribution in [0.25, 0.3) is 22.4 Å². The highest BCUT2D eigenvalue weighted by Crippen LogP contribution is 2.38. The SMILES string of the molecule is Nc1onc(-c2ccc(F)cc2Br)c1-c1ccccc1. The first kappa shape index (κ1) is 12.9. The molecule has 0 amide bonds. The molecule has 20 heavy (non-hydrogen) atoms. The Kier molecular flexibility index (Phi) is 3.28. The minimum Gasteiger partial charge on any atom is -0.367 e. The Balaban J connectivity index is 2.21. The van der Waals surface area contributed by atoms with Gasteiger partial charge in [-0.1, -0.05) is 35.5 Å². The number of rotatable bonds is 2. The Morgan fingerprint density at radius 2 is 1.85 bits per heavy atom. The summed E-state index contributed by atoms with van der Waals surface area (Å²) < 4.78 is 18.9. The summed E-state index contributed by atoms with van der Waals surface area (Å²) in [7, 11) is 0. The molecule has 3 aromatic rings. The van der Waals surface area contributed by atoms with Crippen LogP contribution in [0.2, 0.25) is 0 Å². The Labute approximate surface area is 123 Å². The van der Waals surface area contributed by atoms with E-state index in [1.54, 1.807) is 6.07 Å². The van der Waals surface area contributed by atoms with Crippen LogP contribution < -0.4 is 5.73 Å². The van der Waals surface area contributed by atoms with E-state index >= 15 is 0 Å². The zero-order chi connectivity index (χ0) is 14.1. The highest BCUT2D eigenvalue weighted by molar-refractivity contribution is 9.10. The van der Waals surface area contributed by atoms with E-state index in [2.05, 4.69) is 21.1 Å². The molecular weight excluding hydrogens is 323 g/mol. The van der Waals surface area contributed by atoms with Gasteiger partial charge in [-0.05, 0) is 39.7 Å². The van der Waals surface area contributed by atoms with Crippen molar-refractivity contribution in [2.24, 2.45) is 0 Å². The van der Waals surface area contributed by atoms with E-state index in [9.17, 15) is 4.39 Å². The van der Waals surface area contributed by atoms with Crippen molar-refractivity contribution in [3.63, 3.8) is 0 Å². The number of anilines is 1. The molecule has 0 aliphatic rings. The van der Waals surface area contributed by atoms with Gasteiger partial charge < -0.3 is 10.3 Å². The summed E-state index contributed by atoms with van der Waals surface area (Å²) in [5.74, 6) is -0.0826. The topological polar surface area (TPSA) is 52.0 Å². The van der Waals surface area contributed by atoms with Crippen molar-refractivity contribution in [3.8, 4) is 22.4 Å². The van der Waals surface area contributed by atoms with Gasteiger partial charge in [-0.3, -0.25) is 0 Å². The van der Waals surface area contributed by atoms with Crippen LogP contribution in [0, 0.1) is 5.82 Å². The second-order valence-corrected chi connectivity index (χ2v) is 5.11. The van der Waals surface area contributed by atoms with Crippen molar-refractivity contribution >= 4 is 21.8 Å². The normalized spacial score (nSPS) is 10.7. The molecule has 0 saturated carbocycles. The molecule has 3 nitrogen and oxygen atoms in total. The predicted octanol–water partition coefficient (Wildman–Crippen LogP) is 4.49. The maximum absolute atomic E-state index is 13.2. The van der Waals surface area contributed by atoms with Crippen LogP contribution in [0.3, 0.4) is 0 Å². The molecule has 0 atom stereocenters. The first-order valence-electron chi connectivity index (χ1n) is 5.93. The van der Waals surface area contributed by atoms with Crippen LogP contribution in [0.15, 0.2) is 57.5 Å². The van der Waals surface area contributed by atoms with Crippen molar-refractivity contribution < 1.29 is 8.91 Å². The van der Waals surface area contributed by atoms with Gasteiger partial charge in [0.2, 0.25) is 5.88 Å². The van der Waals surface area contributed by atoms with E-state index in [4.69, 9.17) is 10.3 Å². The van der Waals surface area contributed by atoms with Crippen molar-refractivity contribution in [1.29, 1.82) is 0 Å². The number of aromatic nitrogens is 1. The quantitative estimate of drug-likeness (QED) is 0.752. The molecule has 2 N–H and O–H groups in total. The Morgan fingerprint density at radius 1 is 1.10 bits per heavy atom. The average Bonchev–Trinajstić information content (AvgIpc) is 2.81. The molecule has 0 radical (unpaired) electrons. The zero-order valence-corrected chi connectivity index (χ0v) is 11.9. The fourth-order valence-corrected chi connectivity index (χ4v) is 2.59. The number of halogens is 2. The van der Waals surface area contributed by atoms with Crippen LogP contribution in [-0.2, 0) is 0 Å². The lowest BCUT2D eigenvalue weighted by atomic mass is 10.0. The van der Waals surface area contributed by atoms with Crippen LogP contribution in [0.5, 0.6) is 0 Å².